The number of aliphatic hydroxyl groups is 4. The van der Waals surface area contributed by atoms with E-state index in [2.05, 4.69) is 31.4 Å². The summed E-state index contributed by atoms with van der Waals surface area (Å²) in [6.45, 7) is 5.02. The molecule has 0 radical (unpaired) electrons. The summed E-state index contributed by atoms with van der Waals surface area (Å²) in [5.41, 5.74) is 0. The van der Waals surface area contributed by atoms with Gasteiger partial charge in [0.15, 0.2) is 18.3 Å². The quantitative estimate of drug-likeness (QED) is 0.0199. The molecule has 0 saturated carbocycles. The number of aliphatic carboxylic acids is 5. The lowest BCUT2D eigenvalue weighted by Gasteiger charge is -2.28. The highest BCUT2D eigenvalue weighted by Gasteiger charge is 2.38. The molecular formula is C77H136N6O24S. The highest BCUT2D eigenvalue weighted by atomic mass is 32.2. The minimum absolute atomic E-state index is 0.0199. The van der Waals surface area contributed by atoms with E-state index in [4.69, 9.17) is 14.6 Å². The number of carbonyl (C=O) groups excluding carboxylic acids is 8. The maximum absolute atomic E-state index is 14.4. The Kier molecular flexibility index (Phi) is 62.0. The first-order chi connectivity index (χ1) is 51.7. The summed E-state index contributed by atoms with van der Waals surface area (Å²) in [5, 5.41) is 102. The SMILES string of the molecule is CCCCCCCCCCCCCCCC(=O)N[C@@H](CSCC(COC(=O)CCCCCCCCCCCCCCC)OC(=O)CCCCCCCCCCCCCCC)C(=O)N[C@@H](CO)C(=O)N[C@@H](CC(O)C(=O)O)C(=O)N[C@@H](CC(O)C(=O)O)C(=O)N[C@@H](CC(O)C(=O)O)C(=O)N[C@@H](CCC(=O)O)C(=O)O. The predicted octanol–water partition coefficient (Wildman–Crippen LogP) is 8.98. The van der Waals surface area contributed by atoms with E-state index >= 15 is 0 Å². The van der Waals surface area contributed by atoms with Crippen molar-refractivity contribution >= 4 is 89.0 Å². The van der Waals surface area contributed by atoms with Crippen LogP contribution in [0, 0.1) is 0 Å². The summed E-state index contributed by atoms with van der Waals surface area (Å²) in [5.74, 6) is -18.5. The highest BCUT2D eigenvalue weighted by Crippen LogP contribution is 2.20. The Morgan fingerprint density at radius 1 is 0.315 bits per heavy atom. The lowest BCUT2D eigenvalue weighted by Crippen LogP contribution is -2.61. The molecule has 0 aliphatic heterocycles. The van der Waals surface area contributed by atoms with E-state index in [-0.39, 0.29) is 37.4 Å². The summed E-state index contributed by atoms with van der Waals surface area (Å²) in [7, 11) is 0. The normalized spacial score (nSPS) is 14.1. The third-order valence-electron chi connectivity index (χ3n) is 18.7. The Morgan fingerprint density at radius 2 is 0.602 bits per heavy atom. The monoisotopic (exact) mass is 1560 g/mol. The average Bonchev–Trinajstić information content (AvgIpc) is 0.855. The number of hydrogen-bond acceptors (Lipinski definition) is 20. The Bertz CT molecular complexity index is 2550. The van der Waals surface area contributed by atoms with Gasteiger partial charge in [-0.15, -0.1) is 0 Å². The zero-order valence-corrected chi connectivity index (χ0v) is 65.7. The van der Waals surface area contributed by atoms with Gasteiger partial charge in [-0.25, -0.2) is 19.2 Å². The van der Waals surface area contributed by atoms with Gasteiger partial charge in [0.2, 0.25) is 35.4 Å². The molecule has 10 atom stereocenters. The molecule has 0 aromatic carbocycles. The summed E-state index contributed by atoms with van der Waals surface area (Å²) < 4.78 is 11.6. The second kappa shape index (κ2) is 66.1. The molecule has 0 aromatic rings. The number of esters is 2. The largest absolute Gasteiger partial charge is 0.481 e. The number of hydrogen-bond donors (Lipinski definition) is 15. The topological polar surface area (TPSA) is 495 Å². The fraction of sp³-hybridized carbons (Fsp3) is 0.831. The number of carbonyl (C=O) groups is 13. The molecule has 0 saturated heterocycles. The van der Waals surface area contributed by atoms with Crippen molar-refractivity contribution in [2.45, 2.75) is 383 Å². The minimum Gasteiger partial charge on any atom is -0.481 e. The first kappa shape index (κ1) is 101. The number of nitrogens with one attached hydrogen (secondary N) is 6. The van der Waals surface area contributed by atoms with Crippen LogP contribution in [0.5, 0.6) is 0 Å². The van der Waals surface area contributed by atoms with E-state index in [0.717, 1.165) is 102 Å². The van der Waals surface area contributed by atoms with Crippen LogP contribution in [0.2, 0.25) is 0 Å². The molecule has 0 fully saturated rings. The number of amides is 6. The van der Waals surface area contributed by atoms with E-state index in [1.807, 2.05) is 21.3 Å². The maximum Gasteiger partial charge on any atom is 0.332 e. The van der Waals surface area contributed by atoms with Crippen molar-refractivity contribution in [2.75, 3.05) is 24.7 Å². The van der Waals surface area contributed by atoms with Gasteiger partial charge in [-0.2, -0.15) is 11.8 Å². The van der Waals surface area contributed by atoms with Gasteiger partial charge in [0.1, 0.15) is 49.0 Å². The number of carboxylic acid groups (broad SMARTS) is 5. The van der Waals surface area contributed by atoms with Crippen molar-refractivity contribution in [3.63, 3.8) is 0 Å². The van der Waals surface area contributed by atoms with Crippen molar-refractivity contribution in [1.82, 2.24) is 31.9 Å². The molecule has 0 spiro atoms. The maximum atomic E-state index is 14.4. The first-order valence-corrected chi connectivity index (χ1v) is 41.4. The summed E-state index contributed by atoms with van der Waals surface area (Å²) in [4.78, 5) is 169. The average molecular weight is 1560 g/mol. The first-order valence-electron chi connectivity index (χ1n) is 40.2. The second-order valence-electron chi connectivity index (χ2n) is 28.5. The van der Waals surface area contributed by atoms with E-state index in [9.17, 15) is 103 Å². The predicted molar refractivity (Wildman–Crippen MR) is 407 cm³/mol. The van der Waals surface area contributed by atoms with Crippen LogP contribution in [0.3, 0.4) is 0 Å². The van der Waals surface area contributed by atoms with Crippen LogP contribution in [0.4, 0.5) is 0 Å². The molecule has 0 aromatic heterocycles. The van der Waals surface area contributed by atoms with Crippen LogP contribution < -0.4 is 31.9 Å². The number of aliphatic hydroxyl groups excluding tert-OH is 4. The van der Waals surface area contributed by atoms with E-state index in [1.165, 1.54) is 135 Å². The van der Waals surface area contributed by atoms with Gasteiger partial charge in [-0.05, 0) is 25.7 Å². The van der Waals surface area contributed by atoms with Crippen LogP contribution in [0.15, 0.2) is 0 Å². The molecule has 0 rings (SSSR count). The molecule has 31 heteroatoms. The second-order valence-corrected chi connectivity index (χ2v) is 29.5. The molecule has 4 unspecified atom stereocenters. The Balaban J connectivity index is 6.86. The third-order valence-corrected chi connectivity index (χ3v) is 19.8. The van der Waals surface area contributed by atoms with E-state index in [0.29, 0.717) is 25.7 Å². The minimum atomic E-state index is -2.54. The van der Waals surface area contributed by atoms with Crippen LogP contribution in [0.1, 0.15) is 323 Å². The van der Waals surface area contributed by atoms with Gasteiger partial charge in [0.25, 0.3) is 0 Å². The lowest BCUT2D eigenvalue weighted by atomic mass is 10.0. The molecule has 0 heterocycles. The van der Waals surface area contributed by atoms with E-state index in [1.54, 1.807) is 0 Å². The Labute approximate surface area is 643 Å². The van der Waals surface area contributed by atoms with Gasteiger partial charge >= 0.3 is 41.8 Å². The van der Waals surface area contributed by atoms with Crippen LogP contribution in [-0.4, -0.2) is 209 Å². The fourth-order valence-corrected chi connectivity index (χ4v) is 13.0. The van der Waals surface area contributed by atoms with Gasteiger partial charge in [-0.1, -0.05) is 252 Å². The highest BCUT2D eigenvalue weighted by molar-refractivity contribution is 7.99. The zero-order valence-electron chi connectivity index (χ0n) is 64.9. The summed E-state index contributed by atoms with van der Waals surface area (Å²) >= 11 is 1.03. The van der Waals surface area contributed by atoms with Gasteiger partial charge in [0, 0.05) is 56.5 Å². The van der Waals surface area contributed by atoms with Gasteiger partial charge in [0.05, 0.1) is 6.61 Å². The van der Waals surface area contributed by atoms with Gasteiger partial charge in [-0.3, -0.25) is 43.2 Å². The standard InChI is InChI=1S/C77H136N6O24S/c1-4-7-10-13-16-19-22-25-28-31-34-37-40-43-65(88)78-61(54-108-53-55(107-68(92)45-42-39-36-33-30-27-24-21-18-15-12-9-6-3)52-106-67(91)44-41-38-35-32-29-26-23-20-17-14-11-8-5-2)73(97)83-60(51-84)72(96)82-59(50-64(87)77(104)105)71(95)81-58(49-63(86)76(102)103)70(94)80-57(48-62(85)75(100)101)69(93)79-56(74(98)99)46-47-66(89)90/h55-64,84-87H,4-54H2,1-3H3,(H,78,88)(H,79,93)(H,80,94)(H,81,95)(H,82,96)(H,83,97)(H,89,90)(H,98,99)(H,100,101)(H,102,103)(H,104,105)/t55?,56-,57-,58-,59-,60-,61-,62?,63?,64?/m0/s1. The van der Waals surface area contributed by atoms with Crippen molar-refractivity contribution in [3.8, 4) is 0 Å². The molecule has 624 valence electrons. The van der Waals surface area contributed by atoms with Crippen molar-refractivity contribution in [1.29, 1.82) is 0 Å². The number of rotatable bonds is 74. The van der Waals surface area contributed by atoms with Crippen molar-refractivity contribution in [3.05, 3.63) is 0 Å². The molecule has 6 amide bonds. The Hall–Kier alpha value is -6.70. The summed E-state index contributed by atoms with van der Waals surface area (Å²) in [6.07, 6.45) is 28.8. The fourth-order valence-electron chi connectivity index (χ4n) is 12.0. The third kappa shape index (κ3) is 54.8. The molecular weight excluding hydrogens is 1420 g/mol. The molecule has 0 bridgehead atoms. The van der Waals surface area contributed by atoms with Crippen LogP contribution in [-0.2, 0) is 71.8 Å². The van der Waals surface area contributed by atoms with Gasteiger partial charge < -0.3 is 87.3 Å². The van der Waals surface area contributed by atoms with Crippen molar-refractivity contribution in [2.24, 2.45) is 0 Å². The number of thioether (sulfide) groups is 1. The smallest absolute Gasteiger partial charge is 0.332 e. The van der Waals surface area contributed by atoms with Crippen LogP contribution >= 0.6 is 11.8 Å². The molecule has 0 aliphatic rings. The molecule has 0 aliphatic carbocycles. The zero-order chi connectivity index (χ0) is 80.7. The molecule has 30 nitrogen and oxygen atoms in total. The summed E-state index contributed by atoms with van der Waals surface area (Å²) in [6, 6.07) is -12.5. The van der Waals surface area contributed by atoms with Crippen molar-refractivity contribution < 1.29 is 118 Å². The number of ether oxygens (including phenoxy) is 2. The molecule has 15 N–H and O–H groups in total. The number of carboxylic acids is 5. The Morgan fingerprint density at radius 3 is 0.917 bits per heavy atom. The van der Waals surface area contributed by atoms with Crippen LogP contribution in [0.25, 0.3) is 0 Å². The molecule has 108 heavy (non-hydrogen) atoms. The lowest BCUT2D eigenvalue weighted by molar-refractivity contribution is -0.157. The number of unbranched alkanes of at least 4 members (excludes halogenated alkanes) is 36. The van der Waals surface area contributed by atoms with E-state index < -0.39 is 177 Å².